The largest absolute Gasteiger partial charge is 0.365 e. The van der Waals surface area contributed by atoms with Crippen molar-refractivity contribution in [2.45, 2.75) is 6.54 Å². The van der Waals surface area contributed by atoms with Crippen LogP contribution < -0.4 is 5.32 Å². The number of nitrogens with zero attached hydrogens (tertiary/aromatic N) is 2. The maximum atomic E-state index is 13.3. The highest BCUT2D eigenvalue weighted by Crippen LogP contribution is 2.18. The van der Waals surface area contributed by atoms with Crippen molar-refractivity contribution in [1.29, 1.82) is 0 Å². The van der Waals surface area contributed by atoms with Crippen molar-refractivity contribution < 1.29 is 4.39 Å². The van der Waals surface area contributed by atoms with Crippen molar-refractivity contribution in [3.05, 3.63) is 52.6 Å². The summed E-state index contributed by atoms with van der Waals surface area (Å²) >= 11 is 3.31. The summed E-state index contributed by atoms with van der Waals surface area (Å²) in [6, 6.07) is 6.64. The first-order chi connectivity index (χ1) is 7.77. The minimum atomic E-state index is -0.222. The molecular weight excluding hydrogens is 273 g/mol. The molecule has 0 unspecified atom stereocenters. The molecule has 0 aliphatic carbocycles. The van der Waals surface area contributed by atoms with Crippen molar-refractivity contribution in [3.8, 4) is 0 Å². The van der Waals surface area contributed by atoms with Gasteiger partial charge in [0, 0.05) is 18.3 Å². The second kappa shape index (κ2) is 5.03. The summed E-state index contributed by atoms with van der Waals surface area (Å²) in [6.07, 6.45) is 3.07. The molecule has 2 rings (SSSR count). The maximum Gasteiger partial charge on any atom is 0.144 e. The maximum absolute atomic E-state index is 13.3. The van der Waals surface area contributed by atoms with Gasteiger partial charge in [-0.3, -0.25) is 0 Å². The Hall–Kier alpha value is -1.49. The van der Waals surface area contributed by atoms with E-state index in [2.05, 4.69) is 31.2 Å². The van der Waals surface area contributed by atoms with Crippen molar-refractivity contribution >= 4 is 21.7 Å². The van der Waals surface area contributed by atoms with Crippen LogP contribution in [0.15, 0.2) is 41.3 Å². The molecule has 2 aromatic rings. The smallest absolute Gasteiger partial charge is 0.144 e. The van der Waals surface area contributed by atoms with Gasteiger partial charge in [-0.05, 0) is 22.0 Å². The Morgan fingerprint density at radius 3 is 2.88 bits per heavy atom. The zero-order valence-corrected chi connectivity index (χ0v) is 9.91. The number of hydrogen-bond acceptors (Lipinski definition) is 3. The van der Waals surface area contributed by atoms with E-state index in [1.54, 1.807) is 24.4 Å². The van der Waals surface area contributed by atoms with E-state index in [0.717, 1.165) is 4.47 Å². The normalized spacial score (nSPS) is 10.1. The Labute approximate surface area is 101 Å². The molecule has 1 heterocycles. The van der Waals surface area contributed by atoms with Gasteiger partial charge in [-0.15, -0.1) is 0 Å². The number of halogens is 2. The first-order valence-electron chi connectivity index (χ1n) is 4.70. The Bertz CT molecular complexity index is 445. The highest BCUT2D eigenvalue weighted by molar-refractivity contribution is 9.10. The fourth-order valence-electron chi connectivity index (χ4n) is 1.26. The first kappa shape index (κ1) is 11.0. The zero-order chi connectivity index (χ0) is 11.4. The number of nitrogens with one attached hydrogen (secondary N) is 1. The fraction of sp³-hybridized carbons (Fsp3) is 0.0909. The van der Waals surface area contributed by atoms with Crippen LogP contribution in [-0.2, 0) is 6.54 Å². The summed E-state index contributed by atoms with van der Waals surface area (Å²) in [5.74, 6) is 0.429. The van der Waals surface area contributed by atoms with Crippen LogP contribution in [0.25, 0.3) is 0 Å². The molecule has 0 saturated carbocycles. The predicted octanol–water partition coefficient (Wildman–Crippen LogP) is 2.99. The van der Waals surface area contributed by atoms with Crippen LogP contribution in [0.1, 0.15) is 5.56 Å². The second-order valence-electron chi connectivity index (χ2n) is 3.16. The van der Waals surface area contributed by atoms with Crippen LogP contribution in [0.5, 0.6) is 0 Å². The summed E-state index contributed by atoms with van der Waals surface area (Å²) in [5, 5.41) is 3.03. The molecule has 1 N–H and O–H groups in total. The number of anilines is 1. The van der Waals surface area contributed by atoms with Gasteiger partial charge in [0.2, 0.25) is 0 Å². The van der Waals surface area contributed by atoms with E-state index in [-0.39, 0.29) is 5.82 Å². The van der Waals surface area contributed by atoms with Crippen LogP contribution in [0.3, 0.4) is 0 Å². The lowest BCUT2D eigenvalue weighted by Crippen LogP contribution is -2.03. The topological polar surface area (TPSA) is 37.8 Å². The highest BCUT2D eigenvalue weighted by Gasteiger charge is 2.03. The molecule has 16 heavy (non-hydrogen) atoms. The van der Waals surface area contributed by atoms with Gasteiger partial charge in [-0.1, -0.05) is 18.2 Å². The van der Waals surface area contributed by atoms with Gasteiger partial charge in [0.05, 0.1) is 4.47 Å². The molecule has 0 aliphatic rings. The molecule has 0 aliphatic heterocycles. The average Bonchev–Trinajstić information content (AvgIpc) is 2.30. The first-order valence-corrected chi connectivity index (χ1v) is 5.49. The predicted molar refractivity (Wildman–Crippen MR) is 63.5 cm³/mol. The molecule has 5 heteroatoms. The lowest BCUT2D eigenvalue weighted by atomic mass is 10.2. The third kappa shape index (κ3) is 2.55. The van der Waals surface area contributed by atoms with Gasteiger partial charge in [-0.25, -0.2) is 14.4 Å². The van der Waals surface area contributed by atoms with Gasteiger partial charge >= 0.3 is 0 Å². The zero-order valence-electron chi connectivity index (χ0n) is 8.32. The Balaban J connectivity index is 2.09. The van der Waals surface area contributed by atoms with Gasteiger partial charge in [0.15, 0.2) is 0 Å². The lowest BCUT2D eigenvalue weighted by molar-refractivity contribution is 0.613. The summed E-state index contributed by atoms with van der Waals surface area (Å²) in [4.78, 5) is 7.88. The Morgan fingerprint density at radius 1 is 1.31 bits per heavy atom. The van der Waals surface area contributed by atoms with E-state index in [0.29, 0.717) is 17.9 Å². The van der Waals surface area contributed by atoms with Crippen molar-refractivity contribution in [2.24, 2.45) is 0 Å². The van der Waals surface area contributed by atoms with Gasteiger partial charge in [0.25, 0.3) is 0 Å². The van der Waals surface area contributed by atoms with Gasteiger partial charge in [-0.2, -0.15) is 0 Å². The van der Waals surface area contributed by atoms with Crippen LogP contribution in [-0.4, -0.2) is 9.97 Å². The fourth-order valence-corrected chi connectivity index (χ4v) is 1.62. The molecule has 0 bridgehead atoms. The highest BCUT2D eigenvalue weighted by atomic mass is 79.9. The van der Waals surface area contributed by atoms with Crippen LogP contribution in [0.2, 0.25) is 0 Å². The average molecular weight is 282 g/mol. The minimum absolute atomic E-state index is 0.222. The van der Waals surface area contributed by atoms with E-state index in [1.807, 2.05) is 0 Å². The van der Waals surface area contributed by atoms with Crippen LogP contribution in [0.4, 0.5) is 10.2 Å². The molecular formula is C11H9BrFN3. The van der Waals surface area contributed by atoms with Gasteiger partial charge in [0.1, 0.15) is 18.0 Å². The molecule has 0 atom stereocenters. The van der Waals surface area contributed by atoms with Crippen molar-refractivity contribution in [1.82, 2.24) is 9.97 Å². The van der Waals surface area contributed by atoms with E-state index >= 15 is 0 Å². The molecule has 0 amide bonds. The summed E-state index contributed by atoms with van der Waals surface area (Å²) < 4.78 is 14.1. The lowest BCUT2D eigenvalue weighted by Gasteiger charge is -2.07. The van der Waals surface area contributed by atoms with E-state index in [4.69, 9.17) is 0 Å². The van der Waals surface area contributed by atoms with Crippen molar-refractivity contribution in [3.63, 3.8) is 0 Å². The minimum Gasteiger partial charge on any atom is -0.365 e. The van der Waals surface area contributed by atoms with Gasteiger partial charge < -0.3 is 5.32 Å². The number of benzene rings is 1. The Morgan fingerprint density at radius 2 is 2.12 bits per heavy atom. The summed E-state index contributed by atoms with van der Waals surface area (Å²) in [7, 11) is 0. The molecule has 1 aromatic carbocycles. The molecule has 0 spiro atoms. The Kier molecular flexibility index (Phi) is 3.46. The molecule has 0 saturated heterocycles. The molecule has 3 nitrogen and oxygen atoms in total. The SMILES string of the molecule is Fc1ccccc1CNc1ncncc1Br. The van der Waals surface area contributed by atoms with E-state index in [9.17, 15) is 4.39 Å². The molecule has 0 fully saturated rings. The monoisotopic (exact) mass is 281 g/mol. The number of aromatic nitrogens is 2. The van der Waals surface area contributed by atoms with Crippen LogP contribution >= 0.6 is 15.9 Å². The molecule has 0 radical (unpaired) electrons. The van der Waals surface area contributed by atoms with Crippen LogP contribution in [0, 0.1) is 5.82 Å². The number of hydrogen-bond donors (Lipinski definition) is 1. The third-order valence-electron chi connectivity index (χ3n) is 2.07. The third-order valence-corrected chi connectivity index (χ3v) is 2.65. The van der Waals surface area contributed by atoms with E-state index < -0.39 is 0 Å². The van der Waals surface area contributed by atoms with Crippen molar-refractivity contribution in [2.75, 3.05) is 5.32 Å². The summed E-state index contributed by atoms with van der Waals surface area (Å²) in [6.45, 7) is 0.391. The number of rotatable bonds is 3. The standard InChI is InChI=1S/C11H9BrFN3/c12-9-6-14-7-16-11(9)15-5-8-3-1-2-4-10(8)13/h1-4,6-7H,5H2,(H,14,15,16). The molecule has 1 aromatic heterocycles. The second-order valence-corrected chi connectivity index (χ2v) is 4.02. The summed E-state index contributed by atoms with van der Waals surface area (Å²) in [5.41, 5.74) is 0.605. The molecule has 82 valence electrons. The quantitative estimate of drug-likeness (QED) is 0.940. The van der Waals surface area contributed by atoms with E-state index in [1.165, 1.54) is 12.4 Å².